The van der Waals surface area contributed by atoms with Crippen molar-refractivity contribution in [2.24, 2.45) is 5.92 Å². The predicted octanol–water partition coefficient (Wildman–Crippen LogP) is 4.17. The Morgan fingerprint density at radius 2 is 2.00 bits per heavy atom. The van der Waals surface area contributed by atoms with E-state index in [4.69, 9.17) is 0 Å². The molecule has 0 N–H and O–H groups in total. The maximum Gasteiger partial charge on any atom is 0.0973 e. The summed E-state index contributed by atoms with van der Waals surface area (Å²) in [4.78, 5) is 0. The van der Waals surface area contributed by atoms with Crippen molar-refractivity contribution in [3.8, 4) is 0 Å². The zero-order chi connectivity index (χ0) is 10.4. The zero-order valence-electron chi connectivity index (χ0n) is 9.77. The van der Waals surface area contributed by atoms with Gasteiger partial charge in [-0.1, -0.05) is 50.7 Å². The van der Waals surface area contributed by atoms with Crippen LogP contribution in [0.25, 0.3) is 0 Å². The van der Waals surface area contributed by atoms with E-state index in [2.05, 4.69) is 6.92 Å². The molecule has 1 aliphatic rings. The molecule has 0 saturated carbocycles. The first kappa shape index (κ1) is 12.2. The van der Waals surface area contributed by atoms with Gasteiger partial charge in [0.1, 0.15) is 0 Å². The molecule has 0 aromatic heterocycles. The van der Waals surface area contributed by atoms with Gasteiger partial charge in [0.15, 0.2) is 0 Å². The predicted molar refractivity (Wildman–Crippen MR) is 64.4 cm³/mol. The Bertz CT molecular complexity index is 139. The van der Waals surface area contributed by atoms with Crippen molar-refractivity contribution in [3.05, 3.63) is 0 Å². The Hall–Kier alpha value is 0.147. The summed E-state index contributed by atoms with van der Waals surface area (Å²) in [6.07, 6.45) is 5.74. The number of hydrogen-bond donors (Lipinski definition) is 0. The molecule has 0 aliphatic carbocycles. The monoisotopic (exact) mass is 216 g/mol. The van der Waals surface area contributed by atoms with Crippen LogP contribution in [0.3, 0.4) is 0 Å². The highest BCUT2D eigenvalue weighted by Crippen LogP contribution is 2.29. The lowest BCUT2D eigenvalue weighted by molar-refractivity contribution is 0.338. The molecular formula is C12H25FSi. The van der Waals surface area contributed by atoms with E-state index in [0.29, 0.717) is 0 Å². The summed E-state index contributed by atoms with van der Waals surface area (Å²) in [6.45, 7) is 4.01. The van der Waals surface area contributed by atoms with E-state index in [1.54, 1.807) is 19.0 Å². The van der Waals surface area contributed by atoms with Gasteiger partial charge >= 0.3 is 0 Å². The van der Waals surface area contributed by atoms with Gasteiger partial charge in [-0.05, 0) is 19.3 Å². The van der Waals surface area contributed by atoms with E-state index in [1.807, 2.05) is 0 Å². The van der Waals surface area contributed by atoms with Crippen molar-refractivity contribution >= 4 is 8.80 Å². The lowest BCUT2D eigenvalue weighted by Crippen LogP contribution is -2.21. The van der Waals surface area contributed by atoms with Crippen LogP contribution >= 0.6 is 0 Å². The van der Waals surface area contributed by atoms with Crippen LogP contribution in [-0.2, 0) is 0 Å². The van der Waals surface area contributed by atoms with Crippen molar-refractivity contribution < 1.29 is 4.39 Å². The second kappa shape index (κ2) is 6.60. The number of hydrogen-bond acceptors (Lipinski definition) is 0. The summed E-state index contributed by atoms with van der Waals surface area (Å²) in [6, 6.07) is 4.49. The van der Waals surface area contributed by atoms with Crippen LogP contribution in [0.2, 0.25) is 18.1 Å². The van der Waals surface area contributed by atoms with Crippen molar-refractivity contribution in [2.45, 2.75) is 70.3 Å². The molecule has 1 atom stereocenters. The third-order valence-electron chi connectivity index (χ3n) is 3.76. The average molecular weight is 216 g/mol. The average Bonchev–Trinajstić information content (AvgIpc) is 2.18. The molecule has 0 nitrogen and oxygen atoms in total. The standard InChI is InChI=1S/C12H25FSi/c1-3-12-6-9-14(10-7-12)8-4-5-11(2)13/h11-12,14H,3-10H2,1-2H3. The fourth-order valence-electron chi connectivity index (χ4n) is 2.62. The second-order valence-corrected chi connectivity index (χ2v) is 8.47. The number of alkyl halides is 1. The quantitative estimate of drug-likeness (QED) is 0.605. The highest BCUT2D eigenvalue weighted by molar-refractivity contribution is 6.58. The molecule has 1 fully saturated rings. The molecule has 1 unspecified atom stereocenters. The minimum atomic E-state index is -0.573. The summed E-state index contributed by atoms with van der Waals surface area (Å²) in [5.41, 5.74) is 0. The molecule has 14 heavy (non-hydrogen) atoms. The van der Waals surface area contributed by atoms with Crippen LogP contribution in [0.5, 0.6) is 0 Å². The van der Waals surface area contributed by atoms with Crippen molar-refractivity contribution in [1.29, 1.82) is 0 Å². The third-order valence-corrected chi connectivity index (χ3v) is 7.28. The molecule has 1 heterocycles. The summed E-state index contributed by atoms with van der Waals surface area (Å²) in [5, 5.41) is 0. The fourth-order valence-corrected chi connectivity index (χ4v) is 6.18. The van der Waals surface area contributed by atoms with Crippen LogP contribution in [0.4, 0.5) is 4.39 Å². The van der Waals surface area contributed by atoms with Crippen LogP contribution in [0.15, 0.2) is 0 Å². The lowest BCUT2D eigenvalue weighted by atomic mass is 10.0. The molecule has 1 aliphatic heterocycles. The van der Waals surface area contributed by atoms with Crippen LogP contribution in [0, 0.1) is 5.92 Å². The summed E-state index contributed by atoms with van der Waals surface area (Å²) in [7, 11) is -0.404. The van der Waals surface area contributed by atoms with Crippen LogP contribution in [-0.4, -0.2) is 15.0 Å². The second-order valence-electron chi connectivity index (χ2n) is 5.01. The summed E-state index contributed by atoms with van der Waals surface area (Å²) in [5.74, 6) is 1.03. The van der Waals surface area contributed by atoms with E-state index >= 15 is 0 Å². The maximum atomic E-state index is 12.6. The topological polar surface area (TPSA) is 0 Å². The van der Waals surface area contributed by atoms with Crippen molar-refractivity contribution in [1.82, 2.24) is 0 Å². The number of halogens is 1. The maximum absolute atomic E-state index is 12.6. The molecule has 1 rings (SSSR count). The molecule has 0 radical (unpaired) electrons. The summed E-state index contributed by atoms with van der Waals surface area (Å²) < 4.78 is 12.6. The first-order valence-corrected chi connectivity index (χ1v) is 8.81. The smallest absolute Gasteiger partial charge is 0.0973 e. The van der Waals surface area contributed by atoms with E-state index in [-0.39, 0.29) is 0 Å². The van der Waals surface area contributed by atoms with Gasteiger partial charge in [0.25, 0.3) is 0 Å². The summed E-state index contributed by atoms with van der Waals surface area (Å²) >= 11 is 0. The molecular weight excluding hydrogens is 191 g/mol. The highest BCUT2D eigenvalue weighted by atomic mass is 28.3. The Morgan fingerprint density at radius 3 is 2.50 bits per heavy atom. The first-order chi connectivity index (χ1) is 6.72. The zero-order valence-corrected chi connectivity index (χ0v) is 10.9. The highest BCUT2D eigenvalue weighted by Gasteiger charge is 2.20. The van der Waals surface area contributed by atoms with Gasteiger partial charge < -0.3 is 0 Å². The van der Waals surface area contributed by atoms with E-state index < -0.39 is 15.0 Å². The van der Waals surface area contributed by atoms with Gasteiger partial charge in [0, 0.05) is 8.80 Å². The normalized spacial score (nSPS) is 30.2. The van der Waals surface area contributed by atoms with Gasteiger partial charge in [-0.25, -0.2) is 4.39 Å². The largest absolute Gasteiger partial charge is 0.248 e. The van der Waals surface area contributed by atoms with Gasteiger partial charge in [0.2, 0.25) is 0 Å². The Balaban J connectivity index is 2.04. The van der Waals surface area contributed by atoms with Gasteiger partial charge in [0.05, 0.1) is 6.17 Å². The van der Waals surface area contributed by atoms with Gasteiger partial charge in [-0.2, -0.15) is 0 Å². The minimum Gasteiger partial charge on any atom is -0.248 e. The molecule has 0 aromatic rings. The molecule has 84 valence electrons. The Kier molecular flexibility index (Phi) is 5.76. The van der Waals surface area contributed by atoms with E-state index in [9.17, 15) is 4.39 Å². The van der Waals surface area contributed by atoms with E-state index in [1.165, 1.54) is 25.3 Å². The Morgan fingerprint density at radius 1 is 1.36 bits per heavy atom. The molecule has 0 aromatic carbocycles. The third kappa shape index (κ3) is 4.58. The number of rotatable bonds is 5. The fraction of sp³-hybridized carbons (Fsp3) is 1.00. The van der Waals surface area contributed by atoms with Crippen molar-refractivity contribution in [2.75, 3.05) is 0 Å². The van der Waals surface area contributed by atoms with E-state index in [0.717, 1.165) is 18.8 Å². The van der Waals surface area contributed by atoms with Gasteiger partial charge in [-0.3, -0.25) is 0 Å². The minimum absolute atomic E-state index is 0.404. The van der Waals surface area contributed by atoms with Crippen LogP contribution in [0.1, 0.15) is 46.0 Å². The molecule has 1 saturated heterocycles. The lowest BCUT2D eigenvalue weighted by Gasteiger charge is -2.26. The molecule has 0 spiro atoms. The SMILES string of the molecule is CCC1CC[SiH](CCCC(C)F)CC1. The van der Waals surface area contributed by atoms with Crippen LogP contribution < -0.4 is 0 Å². The molecule has 0 bridgehead atoms. The first-order valence-electron chi connectivity index (χ1n) is 6.36. The molecule has 2 heteroatoms. The van der Waals surface area contributed by atoms with Gasteiger partial charge in [-0.15, -0.1) is 0 Å². The van der Waals surface area contributed by atoms with Crippen molar-refractivity contribution in [3.63, 3.8) is 0 Å². The Labute approximate surface area is 89.9 Å². The molecule has 0 amide bonds.